The molecule has 0 spiro atoms. The highest BCUT2D eigenvalue weighted by atomic mass is 35.5. The third-order valence-electron chi connectivity index (χ3n) is 6.62. The highest BCUT2D eigenvalue weighted by molar-refractivity contribution is 6.31. The van der Waals surface area contributed by atoms with Crippen LogP contribution in [0.15, 0.2) is 29.3 Å². The van der Waals surface area contributed by atoms with Crippen molar-refractivity contribution in [1.82, 2.24) is 14.8 Å². The van der Waals surface area contributed by atoms with Crippen LogP contribution in [-0.4, -0.2) is 60.9 Å². The maximum atomic E-state index is 6.59. The van der Waals surface area contributed by atoms with E-state index in [4.69, 9.17) is 16.3 Å². The van der Waals surface area contributed by atoms with E-state index in [0.717, 1.165) is 49.8 Å². The topological polar surface area (TPSA) is 53.0 Å². The molecule has 1 aliphatic carbocycles. The van der Waals surface area contributed by atoms with Crippen molar-refractivity contribution in [2.24, 2.45) is 10.9 Å². The molecule has 2 aliphatic heterocycles. The molecule has 1 atom stereocenters. The Morgan fingerprint density at radius 1 is 1.20 bits per heavy atom. The normalized spacial score (nSPS) is 23.4. The van der Waals surface area contributed by atoms with Gasteiger partial charge >= 0.3 is 0 Å². The molecule has 0 bridgehead atoms. The Bertz CT molecular complexity index is 771. The predicted molar refractivity (Wildman–Crippen MR) is 123 cm³/mol. The van der Waals surface area contributed by atoms with Crippen molar-refractivity contribution in [2.45, 2.75) is 57.0 Å². The number of pyridine rings is 1. The van der Waals surface area contributed by atoms with Gasteiger partial charge in [0.25, 0.3) is 0 Å². The van der Waals surface area contributed by atoms with Crippen molar-refractivity contribution in [2.75, 3.05) is 39.2 Å². The zero-order valence-electron chi connectivity index (χ0n) is 18.2. The third-order valence-corrected chi connectivity index (χ3v) is 6.94. The van der Waals surface area contributed by atoms with Crippen LogP contribution in [0.5, 0.6) is 0 Å². The molecule has 3 heterocycles. The number of rotatable bonds is 6. The first-order valence-electron chi connectivity index (χ1n) is 11.3. The fourth-order valence-electron chi connectivity index (χ4n) is 4.81. The molecule has 6 nitrogen and oxygen atoms in total. The number of aromatic nitrogens is 1. The van der Waals surface area contributed by atoms with Crippen molar-refractivity contribution in [3.8, 4) is 0 Å². The first kappa shape index (κ1) is 21.4. The van der Waals surface area contributed by atoms with Crippen LogP contribution in [0.25, 0.3) is 0 Å². The molecule has 164 valence electrons. The highest BCUT2D eigenvalue weighted by Gasteiger charge is 2.27. The van der Waals surface area contributed by atoms with Gasteiger partial charge in [0, 0.05) is 57.9 Å². The summed E-state index contributed by atoms with van der Waals surface area (Å²) in [5, 5.41) is 4.30. The fourth-order valence-corrected chi connectivity index (χ4v) is 5.02. The van der Waals surface area contributed by atoms with Crippen LogP contribution < -0.4 is 5.32 Å². The van der Waals surface area contributed by atoms with Crippen LogP contribution in [0.4, 0.5) is 5.82 Å². The molecule has 7 heteroatoms. The zero-order valence-corrected chi connectivity index (χ0v) is 18.9. The van der Waals surface area contributed by atoms with Gasteiger partial charge in [-0.25, -0.2) is 4.98 Å². The first-order valence-corrected chi connectivity index (χ1v) is 11.7. The van der Waals surface area contributed by atoms with Crippen LogP contribution in [0.3, 0.4) is 0 Å². The van der Waals surface area contributed by atoms with E-state index in [1.54, 1.807) is 6.20 Å². The second-order valence-corrected chi connectivity index (χ2v) is 9.25. The largest absolute Gasteiger partial charge is 0.381 e. The van der Waals surface area contributed by atoms with Crippen LogP contribution in [0.2, 0.25) is 5.02 Å². The summed E-state index contributed by atoms with van der Waals surface area (Å²) in [4.78, 5) is 13.7. The Morgan fingerprint density at radius 3 is 2.73 bits per heavy atom. The van der Waals surface area contributed by atoms with E-state index in [2.05, 4.69) is 45.3 Å². The van der Waals surface area contributed by atoms with E-state index in [-0.39, 0.29) is 6.04 Å². The van der Waals surface area contributed by atoms with E-state index < -0.39 is 0 Å². The lowest BCUT2D eigenvalue weighted by Crippen LogP contribution is -2.38. The molecular formula is C23H34ClN5O. The van der Waals surface area contributed by atoms with E-state index in [1.807, 2.05) is 12.4 Å². The molecule has 30 heavy (non-hydrogen) atoms. The van der Waals surface area contributed by atoms with Gasteiger partial charge in [0.1, 0.15) is 11.6 Å². The Balaban J connectivity index is 1.46. The van der Waals surface area contributed by atoms with Crippen molar-refractivity contribution in [1.29, 1.82) is 0 Å². The van der Waals surface area contributed by atoms with Gasteiger partial charge in [0.05, 0.1) is 17.3 Å². The maximum Gasteiger partial charge on any atom is 0.126 e. The summed E-state index contributed by atoms with van der Waals surface area (Å²) in [5.74, 6) is 2.69. The minimum absolute atomic E-state index is 0.00968. The maximum absolute atomic E-state index is 6.59. The molecule has 1 aromatic heterocycles. The summed E-state index contributed by atoms with van der Waals surface area (Å²) < 4.78 is 5.51. The number of ether oxygens (including phenoxy) is 1. The Kier molecular flexibility index (Phi) is 7.16. The third kappa shape index (κ3) is 5.09. The number of aliphatic imine (C=N–C) groups is 1. The number of halogens is 1. The van der Waals surface area contributed by atoms with Gasteiger partial charge in [-0.3, -0.25) is 4.99 Å². The average molecular weight is 432 g/mol. The minimum Gasteiger partial charge on any atom is -0.381 e. The van der Waals surface area contributed by atoms with Gasteiger partial charge in [-0.2, -0.15) is 0 Å². The molecule has 1 unspecified atom stereocenters. The molecule has 1 saturated heterocycles. The molecule has 3 aliphatic rings. The molecule has 1 aromatic rings. The lowest BCUT2D eigenvalue weighted by atomic mass is 9.95. The average Bonchev–Trinajstić information content (AvgIpc) is 2.77. The van der Waals surface area contributed by atoms with Crippen molar-refractivity contribution < 1.29 is 4.74 Å². The first-order chi connectivity index (χ1) is 14.6. The molecular weight excluding hydrogens is 398 g/mol. The summed E-state index contributed by atoms with van der Waals surface area (Å²) in [5.41, 5.74) is 1.04. The van der Waals surface area contributed by atoms with Gasteiger partial charge in [-0.15, -0.1) is 0 Å². The molecule has 0 aromatic carbocycles. The smallest absolute Gasteiger partial charge is 0.126 e. The Hall–Kier alpha value is -1.79. The van der Waals surface area contributed by atoms with Gasteiger partial charge in [-0.1, -0.05) is 30.9 Å². The van der Waals surface area contributed by atoms with Crippen molar-refractivity contribution in [3.63, 3.8) is 0 Å². The van der Waals surface area contributed by atoms with Gasteiger partial charge < -0.3 is 19.9 Å². The summed E-state index contributed by atoms with van der Waals surface area (Å²) in [6.07, 6.45) is 14.3. The van der Waals surface area contributed by atoms with Crippen molar-refractivity contribution in [3.05, 3.63) is 34.9 Å². The predicted octanol–water partition coefficient (Wildman–Crippen LogP) is 4.69. The zero-order chi connectivity index (χ0) is 20.9. The summed E-state index contributed by atoms with van der Waals surface area (Å²) in [6.45, 7) is 2.76. The van der Waals surface area contributed by atoms with E-state index in [0.29, 0.717) is 17.0 Å². The number of nitrogens with zero attached hydrogens (tertiary/aromatic N) is 4. The van der Waals surface area contributed by atoms with Crippen LogP contribution in [-0.2, 0) is 4.74 Å². The fraction of sp³-hybridized carbons (Fsp3) is 0.652. The van der Waals surface area contributed by atoms with Crippen LogP contribution in [0, 0.1) is 5.92 Å². The van der Waals surface area contributed by atoms with Crippen LogP contribution in [0.1, 0.15) is 56.6 Å². The molecule has 2 fully saturated rings. The van der Waals surface area contributed by atoms with Crippen LogP contribution >= 0.6 is 11.6 Å². The second-order valence-electron chi connectivity index (χ2n) is 8.85. The van der Waals surface area contributed by atoms with Gasteiger partial charge in [-0.05, 0) is 37.7 Å². The van der Waals surface area contributed by atoms with Gasteiger partial charge in [0.15, 0.2) is 0 Å². The number of nitrogens with one attached hydrogen (secondary N) is 1. The molecule has 1 N–H and O–H groups in total. The lowest BCUT2D eigenvalue weighted by Gasteiger charge is -2.38. The van der Waals surface area contributed by atoms with E-state index in [9.17, 15) is 0 Å². The number of hydrogen-bond donors (Lipinski definition) is 1. The molecule has 4 rings (SSSR count). The standard InChI is InChI=1S/C23H34ClN5O/c1-28(16-17-8-10-30-11-9-17)23-15-25-14-21(29(23)2)19-12-22(26-13-20(19)24)27-18-6-4-3-5-7-18/h12-15,17-18,21H,3-11,16H2,1-2H3,(H,26,27). The van der Waals surface area contributed by atoms with E-state index >= 15 is 0 Å². The number of anilines is 1. The number of hydrogen-bond acceptors (Lipinski definition) is 6. The van der Waals surface area contributed by atoms with E-state index in [1.165, 1.54) is 32.1 Å². The Labute approximate surface area is 185 Å². The molecule has 1 saturated carbocycles. The minimum atomic E-state index is -0.00968. The summed E-state index contributed by atoms with van der Waals surface area (Å²) in [6, 6.07) is 2.61. The second kappa shape index (κ2) is 10.0. The summed E-state index contributed by atoms with van der Waals surface area (Å²) in [7, 11) is 4.27. The monoisotopic (exact) mass is 431 g/mol. The SMILES string of the molecule is CN(CC1CCOCC1)C1=CN=CC(c2cc(NC3CCCCC3)ncc2Cl)N1C. The summed E-state index contributed by atoms with van der Waals surface area (Å²) >= 11 is 6.59. The van der Waals surface area contributed by atoms with Crippen molar-refractivity contribution >= 4 is 23.6 Å². The lowest BCUT2D eigenvalue weighted by molar-refractivity contribution is 0.0555. The molecule has 0 amide bonds. The molecule has 0 radical (unpaired) electrons. The Morgan fingerprint density at radius 2 is 1.97 bits per heavy atom. The van der Waals surface area contributed by atoms with Gasteiger partial charge in [0.2, 0.25) is 0 Å². The highest BCUT2D eigenvalue weighted by Crippen LogP contribution is 2.33. The quantitative estimate of drug-likeness (QED) is 0.707.